The van der Waals surface area contributed by atoms with Gasteiger partial charge in [-0.05, 0) is 12.1 Å². The fourth-order valence-electron chi connectivity index (χ4n) is 1.66. The molecule has 1 aliphatic heterocycles. The van der Waals surface area contributed by atoms with Gasteiger partial charge in [0.1, 0.15) is 5.03 Å². The van der Waals surface area contributed by atoms with Crippen LogP contribution in [0.4, 0.5) is 5.69 Å². The fraction of sp³-hybridized carbons (Fsp3) is 0.455. The molecule has 92 valence electrons. The first-order valence-corrected chi connectivity index (χ1v) is 6.58. The third-order valence-electron chi connectivity index (χ3n) is 2.60. The van der Waals surface area contributed by atoms with Crippen LogP contribution in [0, 0.1) is 0 Å². The second-order valence-electron chi connectivity index (χ2n) is 3.82. The standard InChI is InChI=1S/C11H16N4OS/c12-9-2-1-3-14-11(9)17-8-10(16)15-6-4-13-5-7-15/h1-3,13H,4-8,12H2. The molecule has 6 heteroatoms. The van der Waals surface area contributed by atoms with Gasteiger partial charge in [-0.25, -0.2) is 4.98 Å². The molecule has 0 radical (unpaired) electrons. The second kappa shape index (κ2) is 5.88. The van der Waals surface area contributed by atoms with E-state index in [-0.39, 0.29) is 5.91 Å². The zero-order valence-corrected chi connectivity index (χ0v) is 10.4. The van der Waals surface area contributed by atoms with Crippen molar-refractivity contribution in [1.29, 1.82) is 0 Å². The molecule has 0 aromatic carbocycles. The molecular formula is C11H16N4OS. The Hall–Kier alpha value is -1.27. The van der Waals surface area contributed by atoms with Crippen molar-refractivity contribution in [2.24, 2.45) is 0 Å². The average Bonchev–Trinajstić information content (AvgIpc) is 2.38. The minimum absolute atomic E-state index is 0.154. The molecule has 5 nitrogen and oxygen atoms in total. The average molecular weight is 252 g/mol. The number of pyridine rings is 1. The van der Waals surface area contributed by atoms with Crippen LogP contribution in [-0.2, 0) is 4.79 Å². The van der Waals surface area contributed by atoms with Gasteiger partial charge in [0.15, 0.2) is 0 Å². The number of aromatic nitrogens is 1. The molecule has 0 spiro atoms. The van der Waals surface area contributed by atoms with Gasteiger partial charge in [0, 0.05) is 32.4 Å². The summed E-state index contributed by atoms with van der Waals surface area (Å²) < 4.78 is 0. The molecule has 1 fully saturated rings. The van der Waals surface area contributed by atoms with Gasteiger partial charge in [0.25, 0.3) is 0 Å². The van der Waals surface area contributed by atoms with E-state index in [1.807, 2.05) is 4.90 Å². The Morgan fingerprint density at radius 1 is 1.53 bits per heavy atom. The van der Waals surface area contributed by atoms with Gasteiger partial charge < -0.3 is 16.0 Å². The Labute approximate surface area is 105 Å². The number of nitrogen functional groups attached to an aromatic ring is 1. The second-order valence-corrected chi connectivity index (χ2v) is 4.78. The van der Waals surface area contributed by atoms with E-state index < -0.39 is 0 Å². The summed E-state index contributed by atoms with van der Waals surface area (Å²) in [7, 11) is 0. The first-order valence-electron chi connectivity index (χ1n) is 5.59. The maximum absolute atomic E-state index is 11.9. The number of nitrogens with zero attached hydrogens (tertiary/aromatic N) is 2. The lowest BCUT2D eigenvalue weighted by molar-refractivity contribution is -0.128. The molecule has 0 bridgehead atoms. The van der Waals surface area contributed by atoms with Crippen molar-refractivity contribution in [1.82, 2.24) is 15.2 Å². The minimum atomic E-state index is 0.154. The highest BCUT2D eigenvalue weighted by molar-refractivity contribution is 8.00. The summed E-state index contributed by atoms with van der Waals surface area (Å²) in [6.07, 6.45) is 1.69. The van der Waals surface area contributed by atoms with Crippen LogP contribution in [0.25, 0.3) is 0 Å². The van der Waals surface area contributed by atoms with Crippen molar-refractivity contribution < 1.29 is 4.79 Å². The van der Waals surface area contributed by atoms with E-state index in [2.05, 4.69) is 10.3 Å². The molecule has 0 aliphatic carbocycles. The normalized spacial score (nSPS) is 15.9. The summed E-state index contributed by atoms with van der Waals surface area (Å²) in [6.45, 7) is 3.33. The molecule has 2 heterocycles. The summed E-state index contributed by atoms with van der Waals surface area (Å²) in [5, 5.41) is 3.95. The Morgan fingerprint density at radius 2 is 2.29 bits per heavy atom. The van der Waals surface area contributed by atoms with Gasteiger partial charge >= 0.3 is 0 Å². The minimum Gasteiger partial charge on any atom is -0.397 e. The van der Waals surface area contributed by atoms with Gasteiger partial charge in [-0.3, -0.25) is 4.79 Å². The van der Waals surface area contributed by atoms with Crippen molar-refractivity contribution in [2.45, 2.75) is 5.03 Å². The maximum Gasteiger partial charge on any atom is 0.233 e. The maximum atomic E-state index is 11.9. The number of hydrogen-bond donors (Lipinski definition) is 2. The first-order chi connectivity index (χ1) is 8.27. The third kappa shape index (κ3) is 3.34. The highest BCUT2D eigenvalue weighted by atomic mass is 32.2. The van der Waals surface area contributed by atoms with Gasteiger partial charge in [-0.2, -0.15) is 0 Å². The zero-order valence-electron chi connectivity index (χ0n) is 9.56. The fourth-order valence-corrected chi connectivity index (χ4v) is 2.47. The molecule has 2 rings (SSSR count). The van der Waals surface area contributed by atoms with Crippen molar-refractivity contribution >= 4 is 23.4 Å². The number of carbonyl (C=O) groups excluding carboxylic acids is 1. The SMILES string of the molecule is Nc1cccnc1SCC(=O)N1CCNCC1. The molecule has 1 aromatic rings. The number of nitrogens with one attached hydrogen (secondary N) is 1. The summed E-state index contributed by atoms with van der Waals surface area (Å²) >= 11 is 1.40. The van der Waals surface area contributed by atoms with Crippen LogP contribution in [-0.4, -0.2) is 47.7 Å². The Bertz CT molecular complexity index is 393. The molecule has 1 aliphatic rings. The number of rotatable bonds is 3. The number of amides is 1. The Balaban J connectivity index is 1.85. The van der Waals surface area contributed by atoms with Gasteiger partial charge in [0.05, 0.1) is 11.4 Å². The highest BCUT2D eigenvalue weighted by Gasteiger charge is 2.16. The van der Waals surface area contributed by atoms with E-state index in [1.165, 1.54) is 11.8 Å². The van der Waals surface area contributed by atoms with Gasteiger partial charge in [0.2, 0.25) is 5.91 Å². The largest absolute Gasteiger partial charge is 0.397 e. The summed E-state index contributed by atoms with van der Waals surface area (Å²) in [5.41, 5.74) is 6.40. The number of thioether (sulfide) groups is 1. The van der Waals surface area contributed by atoms with Crippen molar-refractivity contribution in [3.8, 4) is 0 Å². The van der Waals surface area contributed by atoms with Gasteiger partial charge in [-0.15, -0.1) is 0 Å². The molecule has 0 unspecified atom stereocenters. The van der Waals surface area contributed by atoms with Crippen LogP contribution in [0.3, 0.4) is 0 Å². The summed E-state index contributed by atoms with van der Waals surface area (Å²) in [6, 6.07) is 3.59. The molecule has 1 aromatic heterocycles. The molecule has 1 saturated heterocycles. The Kier molecular flexibility index (Phi) is 4.22. The topological polar surface area (TPSA) is 71.2 Å². The molecule has 3 N–H and O–H groups in total. The molecule has 1 amide bonds. The predicted molar refractivity (Wildman–Crippen MR) is 68.8 cm³/mol. The van der Waals surface area contributed by atoms with Crippen molar-refractivity contribution in [3.63, 3.8) is 0 Å². The lowest BCUT2D eigenvalue weighted by Gasteiger charge is -2.27. The smallest absolute Gasteiger partial charge is 0.233 e. The third-order valence-corrected chi connectivity index (χ3v) is 3.61. The molecular weight excluding hydrogens is 236 g/mol. The van der Waals surface area contributed by atoms with Gasteiger partial charge in [-0.1, -0.05) is 11.8 Å². The number of piperazine rings is 1. The van der Waals surface area contributed by atoms with Crippen LogP contribution < -0.4 is 11.1 Å². The van der Waals surface area contributed by atoms with Crippen LogP contribution in [0.2, 0.25) is 0 Å². The Morgan fingerprint density at radius 3 is 3.00 bits per heavy atom. The summed E-state index contributed by atoms with van der Waals surface area (Å²) in [4.78, 5) is 17.9. The lowest BCUT2D eigenvalue weighted by atomic mass is 10.3. The quantitative estimate of drug-likeness (QED) is 0.751. The molecule has 17 heavy (non-hydrogen) atoms. The monoisotopic (exact) mass is 252 g/mol. The van der Waals surface area contributed by atoms with Crippen LogP contribution in [0.15, 0.2) is 23.4 Å². The molecule has 0 saturated carbocycles. The van der Waals surface area contributed by atoms with E-state index in [1.54, 1.807) is 18.3 Å². The number of nitrogens with two attached hydrogens (primary N) is 1. The zero-order chi connectivity index (χ0) is 12.1. The van der Waals surface area contributed by atoms with Crippen LogP contribution >= 0.6 is 11.8 Å². The number of anilines is 1. The summed E-state index contributed by atoms with van der Waals surface area (Å²) in [5.74, 6) is 0.558. The number of carbonyl (C=O) groups is 1. The van der Waals surface area contributed by atoms with E-state index in [4.69, 9.17) is 5.73 Å². The predicted octanol–water partition coefficient (Wildman–Crippen LogP) is 0.188. The first kappa shape index (κ1) is 12.2. The molecule has 0 atom stereocenters. The highest BCUT2D eigenvalue weighted by Crippen LogP contribution is 2.21. The van der Waals surface area contributed by atoms with Crippen molar-refractivity contribution in [3.05, 3.63) is 18.3 Å². The van der Waals surface area contributed by atoms with E-state index in [9.17, 15) is 4.79 Å². The van der Waals surface area contributed by atoms with E-state index in [0.29, 0.717) is 11.4 Å². The number of hydrogen-bond acceptors (Lipinski definition) is 5. The van der Waals surface area contributed by atoms with E-state index in [0.717, 1.165) is 31.2 Å². The van der Waals surface area contributed by atoms with E-state index >= 15 is 0 Å². The van der Waals surface area contributed by atoms with Crippen LogP contribution in [0.1, 0.15) is 0 Å². The lowest BCUT2D eigenvalue weighted by Crippen LogP contribution is -2.47. The van der Waals surface area contributed by atoms with Crippen molar-refractivity contribution in [2.75, 3.05) is 37.7 Å². The van der Waals surface area contributed by atoms with Crippen LogP contribution in [0.5, 0.6) is 0 Å².